The Bertz CT molecular complexity index is 1090. The Labute approximate surface area is 173 Å². The number of nitrogens with two attached hydrogens (primary N) is 1. The van der Waals surface area contributed by atoms with Gasteiger partial charge in [0.25, 0.3) is 0 Å². The standard InChI is InChI=1S/C22H23F2N5O/c1-13(20-15(23)3-2-4-16(20)24)30-18-9-14(11-27-21(18)25)17-10-19-22(5-7-26-12-22)6-8-29(19)28-17/h2-4,9-11,13,26H,5-8,12H2,1H3,(H2,25,27)/t13-,22-/m1/s1. The summed E-state index contributed by atoms with van der Waals surface area (Å²) in [6.45, 7) is 4.46. The Balaban J connectivity index is 1.45. The molecule has 2 aliphatic heterocycles. The van der Waals surface area contributed by atoms with E-state index < -0.39 is 17.7 Å². The van der Waals surface area contributed by atoms with E-state index in [1.807, 2.05) is 0 Å². The molecule has 0 aliphatic carbocycles. The lowest BCUT2D eigenvalue weighted by Gasteiger charge is -2.20. The molecule has 1 spiro atoms. The first-order chi connectivity index (χ1) is 14.5. The summed E-state index contributed by atoms with van der Waals surface area (Å²) in [7, 11) is 0. The number of fused-ring (bicyclic) bond motifs is 2. The van der Waals surface area contributed by atoms with Crippen LogP contribution in [0.5, 0.6) is 5.75 Å². The van der Waals surface area contributed by atoms with Crippen LogP contribution in [0.15, 0.2) is 36.5 Å². The average Bonchev–Trinajstić information content (AvgIpc) is 3.42. The minimum absolute atomic E-state index is 0.140. The van der Waals surface area contributed by atoms with Gasteiger partial charge in [0.1, 0.15) is 17.7 Å². The first kappa shape index (κ1) is 19.0. The van der Waals surface area contributed by atoms with E-state index in [-0.39, 0.29) is 22.5 Å². The van der Waals surface area contributed by atoms with E-state index in [0.717, 1.165) is 43.7 Å². The first-order valence-electron chi connectivity index (χ1n) is 10.1. The highest BCUT2D eigenvalue weighted by atomic mass is 19.1. The fourth-order valence-electron chi connectivity index (χ4n) is 4.62. The van der Waals surface area contributed by atoms with Crippen molar-refractivity contribution in [1.29, 1.82) is 0 Å². The molecule has 2 aliphatic rings. The fraction of sp³-hybridized carbons (Fsp3) is 0.364. The molecule has 0 bridgehead atoms. The van der Waals surface area contributed by atoms with Gasteiger partial charge in [-0.15, -0.1) is 0 Å². The molecular weight excluding hydrogens is 388 g/mol. The molecule has 5 rings (SSSR count). The molecular formula is C22H23F2N5O. The highest BCUT2D eigenvalue weighted by molar-refractivity contribution is 5.64. The zero-order valence-electron chi connectivity index (χ0n) is 16.7. The Kier molecular flexibility index (Phi) is 4.47. The highest BCUT2D eigenvalue weighted by Gasteiger charge is 2.42. The van der Waals surface area contributed by atoms with Gasteiger partial charge in [0.2, 0.25) is 0 Å². The van der Waals surface area contributed by atoms with Crippen LogP contribution in [0.3, 0.4) is 0 Å². The number of halogens is 2. The minimum atomic E-state index is -0.870. The number of benzene rings is 1. The van der Waals surface area contributed by atoms with Gasteiger partial charge in [-0.1, -0.05) is 6.07 Å². The fourth-order valence-corrected chi connectivity index (χ4v) is 4.62. The number of nitrogens with one attached hydrogen (secondary N) is 1. The third-order valence-electron chi connectivity index (χ3n) is 6.26. The Morgan fingerprint density at radius 2 is 2.03 bits per heavy atom. The molecule has 2 aromatic heterocycles. The zero-order chi connectivity index (χ0) is 20.9. The second-order valence-electron chi connectivity index (χ2n) is 8.10. The molecule has 0 radical (unpaired) electrons. The lowest BCUT2D eigenvalue weighted by atomic mass is 9.82. The largest absolute Gasteiger partial charge is 0.482 e. The number of nitrogens with zero attached hydrogens (tertiary/aromatic N) is 3. The number of nitrogen functional groups attached to an aromatic ring is 1. The molecule has 3 N–H and O–H groups in total. The monoisotopic (exact) mass is 411 g/mol. The molecule has 1 aromatic carbocycles. The normalized spacial score (nSPS) is 21.2. The number of anilines is 1. The summed E-state index contributed by atoms with van der Waals surface area (Å²) in [6, 6.07) is 7.57. The van der Waals surface area contributed by atoms with Gasteiger partial charge in [0.15, 0.2) is 11.6 Å². The summed E-state index contributed by atoms with van der Waals surface area (Å²) in [5.74, 6) is -0.893. The molecule has 30 heavy (non-hydrogen) atoms. The Morgan fingerprint density at radius 3 is 2.77 bits per heavy atom. The summed E-state index contributed by atoms with van der Waals surface area (Å²) in [4.78, 5) is 4.22. The number of rotatable bonds is 4. The van der Waals surface area contributed by atoms with E-state index in [9.17, 15) is 8.78 Å². The zero-order valence-corrected chi connectivity index (χ0v) is 16.7. The van der Waals surface area contributed by atoms with Crippen molar-refractivity contribution in [2.75, 3.05) is 18.8 Å². The van der Waals surface area contributed by atoms with Crippen molar-refractivity contribution < 1.29 is 13.5 Å². The van der Waals surface area contributed by atoms with Crippen molar-refractivity contribution in [2.24, 2.45) is 0 Å². The van der Waals surface area contributed by atoms with Gasteiger partial charge >= 0.3 is 0 Å². The molecule has 3 aromatic rings. The molecule has 1 fully saturated rings. The SMILES string of the molecule is C[C@@H](Oc1cc(-c2cc3n(n2)CC[C@@]32CCNC2)cnc1N)c1c(F)cccc1F. The topological polar surface area (TPSA) is 78.0 Å². The Hall–Kier alpha value is -3.00. The number of hydrogen-bond acceptors (Lipinski definition) is 5. The number of hydrogen-bond donors (Lipinski definition) is 2. The van der Waals surface area contributed by atoms with Crippen molar-refractivity contribution in [2.45, 2.75) is 37.8 Å². The predicted molar refractivity (Wildman–Crippen MR) is 109 cm³/mol. The van der Waals surface area contributed by atoms with Crippen LogP contribution in [0.4, 0.5) is 14.6 Å². The van der Waals surface area contributed by atoms with Gasteiger partial charge in [-0.25, -0.2) is 13.8 Å². The van der Waals surface area contributed by atoms with Crippen molar-refractivity contribution >= 4 is 5.82 Å². The summed E-state index contributed by atoms with van der Waals surface area (Å²) in [6.07, 6.45) is 2.99. The van der Waals surface area contributed by atoms with Gasteiger partial charge in [-0.3, -0.25) is 4.68 Å². The van der Waals surface area contributed by atoms with Crippen LogP contribution in [0.1, 0.15) is 37.1 Å². The van der Waals surface area contributed by atoms with E-state index >= 15 is 0 Å². The lowest BCUT2D eigenvalue weighted by Crippen LogP contribution is -2.25. The van der Waals surface area contributed by atoms with E-state index in [2.05, 4.69) is 21.0 Å². The van der Waals surface area contributed by atoms with E-state index in [4.69, 9.17) is 15.6 Å². The smallest absolute Gasteiger partial charge is 0.166 e. The molecule has 156 valence electrons. The van der Waals surface area contributed by atoms with Crippen molar-refractivity contribution in [3.8, 4) is 17.0 Å². The predicted octanol–water partition coefficient (Wildman–Crippen LogP) is 3.58. The van der Waals surface area contributed by atoms with Crippen LogP contribution >= 0.6 is 0 Å². The van der Waals surface area contributed by atoms with Crippen molar-refractivity contribution in [3.05, 3.63) is 59.4 Å². The highest BCUT2D eigenvalue weighted by Crippen LogP contribution is 2.41. The number of aryl methyl sites for hydroxylation is 1. The molecule has 0 unspecified atom stereocenters. The summed E-state index contributed by atoms with van der Waals surface area (Å²) >= 11 is 0. The lowest BCUT2D eigenvalue weighted by molar-refractivity contribution is 0.216. The number of ether oxygens (including phenoxy) is 1. The van der Waals surface area contributed by atoms with E-state index in [1.54, 1.807) is 19.2 Å². The van der Waals surface area contributed by atoms with Crippen LogP contribution in [-0.4, -0.2) is 27.9 Å². The van der Waals surface area contributed by atoms with Crippen LogP contribution in [-0.2, 0) is 12.0 Å². The number of pyridine rings is 1. The summed E-state index contributed by atoms with van der Waals surface area (Å²) in [5.41, 5.74) is 8.78. The maximum absolute atomic E-state index is 14.1. The van der Waals surface area contributed by atoms with Crippen molar-refractivity contribution in [1.82, 2.24) is 20.1 Å². The average molecular weight is 411 g/mol. The summed E-state index contributed by atoms with van der Waals surface area (Å²) < 4.78 is 36.1. The van der Waals surface area contributed by atoms with Crippen LogP contribution in [0.25, 0.3) is 11.3 Å². The molecule has 6 nitrogen and oxygen atoms in total. The van der Waals surface area contributed by atoms with Gasteiger partial charge in [-0.05, 0) is 50.6 Å². The number of aromatic nitrogens is 3. The van der Waals surface area contributed by atoms with Gasteiger partial charge < -0.3 is 15.8 Å². The molecule has 8 heteroatoms. The minimum Gasteiger partial charge on any atom is -0.482 e. The second-order valence-corrected chi connectivity index (χ2v) is 8.10. The third kappa shape index (κ3) is 3.02. The van der Waals surface area contributed by atoms with Gasteiger partial charge in [0.05, 0.1) is 11.3 Å². The Morgan fingerprint density at radius 1 is 1.23 bits per heavy atom. The van der Waals surface area contributed by atoms with Crippen LogP contribution < -0.4 is 15.8 Å². The first-order valence-corrected chi connectivity index (χ1v) is 10.1. The van der Waals surface area contributed by atoms with E-state index in [0.29, 0.717) is 0 Å². The van der Waals surface area contributed by atoms with Gasteiger partial charge in [0, 0.05) is 36.0 Å². The summed E-state index contributed by atoms with van der Waals surface area (Å²) in [5, 5.41) is 8.21. The van der Waals surface area contributed by atoms with Crippen LogP contribution in [0, 0.1) is 11.6 Å². The molecule has 1 saturated heterocycles. The van der Waals surface area contributed by atoms with E-state index in [1.165, 1.54) is 23.9 Å². The second kappa shape index (κ2) is 7.05. The maximum Gasteiger partial charge on any atom is 0.166 e. The maximum atomic E-state index is 14.1. The van der Waals surface area contributed by atoms with Gasteiger partial charge in [-0.2, -0.15) is 5.10 Å². The molecule has 2 atom stereocenters. The molecule has 0 saturated carbocycles. The van der Waals surface area contributed by atoms with Crippen molar-refractivity contribution in [3.63, 3.8) is 0 Å². The quantitative estimate of drug-likeness (QED) is 0.686. The third-order valence-corrected chi connectivity index (χ3v) is 6.26. The molecule has 0 amide bonds. The van der Waals surface area contributed by atoms with Crippen LogP contribution in [0.2, 0.25) is 0 Å². The molecule has 4 heterocycles.